The van der Waals surface area contributed by atoms with Gasteiger partial charge in [-0.15, -0.1) is 6.42 Å². The molecule has 1 fully saturated rings. The van der Waals surface area contributed by atoms with E-state index in [0.717, 1.165) is 44.0 Å². The molecule has 0 atom stereocenters. The van der Waals surface area contributed by atoms with Crippen molar-refractivity contribution in [3.05, 3.63) is 29.3 Å². The van der Waals surface area contributed by atoms with Crippen molar-refractivity contribution in [3.63, 3.8) is 0 Å². The average molecular weight is 272 g/mol. The second kappa shape index (κ2) is 6.33. The third kappa shape index (κ3) is 3.55. The van der Waals surface area contributed by atoms with Gasteiger partial charge < -0.3 is 9.47 Å². The molecular weight excluding hydrogens is 248 g/mol. The van der Waals surface area contributed by atoms with E-state index in [2.05, 4.69) is 32.8 Å². The second-order valence-corrected chi connectivity index (χ2v) is 6.44. The predicted octanol–water partition coefficient (Wildman–Crippen LogP) is 3.77. The molecule has 0 amide bonds. The van der Waals surface area contributed by atoms with Gasteiger partial charge in [-0.25, -0.2) is 0 Å². The van der Waals surface area contributed by atoms with Gasteiger partial charge in [0, 0.05) is 18.8 Å². The van der Waals surface area contributed by atoms with Gasteiger partial charge in [-0.2, -0.15) is 0 Å². The van der Waals surface area contributed by atoms with Gasteiger partial charge in [-0.1, -0.05) is 38.8 Å². The minimum Gasteiger partial charge on any atom is -0.492 e. The van der Waals surface area contributed by atoms with Crippen molar-refractivity contribution >= 4 is 0 Å². The molecule has 0 N–H and O–H groups in total. The summed E-state index contributed by atoms with van der Waals surface area (Å²) in [5.74, 6) is 4.20. The van der Waals surface area contributed by atoms with E-state index in [4.69, 9.17) is 15.9 Å². The van der Waals surface area contributed by atoms with E-state index in [1.807, 2.05) is 12.1 Å². The number of para-hydroxylation sites is 1. The van der Waals surface area contributed by atoms with E-state index in [-0.39, 0.29) is 5.41 Å². The van der Waals surface area contributed by atoms with Gasteiger partial charge in [0.15, 0.2) is 0 Å². The maximum atomic E-state index is 6.13. The number of rotatable bonds is 3. The summed E-state index contributed by atoms with van der Waals surface area (Å²) in [5.41, 5.74) is 2.06. The van der Waals surface area contributed by atoms with Crippen LogP contribution in [0.4, 0.5) is 0 Å². The highest BCUT2D eigenvalue weighted by molar-refractivity contribution is 5.52. The quantitative estimate of drug-likeness (QED) is 0.780. The van der Waals surface area contributed by atoms with Crippen LogP contribution >= 0.6 is 0 Å². The normalized spacial score (nSPS) is 16.7. The highest BCUT2D eigenvalue weighted by Gasteiger charge is 2.22. The molecule has 1 aliphatic heterocycles. The minimum atomic E-state index is 0.0257. The van der Waals surface area contributed by atoms with E-state index in [1.165, 1.54) is 5.56 Å². The average Bonchev–Trinajstić information content (AvgIpc) is 2.44. The molecule has 0 unspecified atom stereocenters. The Bertz CT molecular complexity index is 485. The zero-order chi connectivity index (χ0) is 14.6. The molecule has 20 heavy (non-hydrogen) atoms. The number of benzene rings is 1. The largest absolute Gasteiger partial charge is 0.492 e. The van der Waals surface area contributed by atoms with Gasteiger partial charge in [0.25, 0.3) is 0 Å². The van der Waals surface area contributed by atoms with Crippen LogP contribution in [0.15, 0.2) is 18.2 Å². The van der Waals surface area contributed by atoms with Crippen molar-refractivity contribution in [1.82, 2.24) is 0 Å². The topological polar surface area (TPSA) is 18.5 Å². The summed E-state index contributed by atoms with van der Waals surface area (Å²) in [6.45, 7) is 8.97. The van der Waals surface area contributed by atoms with Crippen LogP contribution in [-0.4, -0.2) is 19.8 Å². The monoisotopic (exact) mass is 272 g/mol. The van der Waals surface area contributed by atoms with Gasteiger partial charge in [-0.3, -0.25) is 0 Å². The van der Waals surface area contributed by atoms with Crippen molar-refractivity contribution < 1.29 is 9.47 Å². The molecule has 1 heterocycles. The van der Waals surface area contributed by atoms with Gasteiger partial charge in [0.05, 0.1) is 12.2 Å². The maximum Gasteiger partial charge on any atom is 0.138 e. The van der Waals surface area contributed by atoms with Crippen molar-refractivity contribution in [2.75, 3.05) is 19.8 Å². The Hall–Kier alpha value is -1.46. The first kappa shape index (κ1) is 14.9. The summed E-state index contributed by atoms with van der Waals surface area (Å²) in [6, 6.07) is 6.08. The molecule has 1 aliphatic rings. The number of ether oxygens (including phenoxy) is 2. The number of terminal acetylenes is 1. The SMILES string of the molecule is C#Cc1cccc(C(C)(C)C)c1OCC1CCOCC1. The standard InChI is InChI=1S/C18H24O2/c1-5-15-7-6-8-16(18(2,3)4)17(15)20-13-14-9-11-19-12-10-14/h1,6-8,14H,9-13H2,2-4H3. The second-order valence-electron chi connectivity index (χ2n) is 6.44. The molecule has 1 saturated heterocycles. The lowest BCUT2D eigenvalue weighted by Crippen LogP contribution is -2.23. The van der Waals surface area contributed by atoms with Crippen molar-refractivity contribution in [1.29, 1.82) is 0 Å². The maximum absolute atomic E-state index is 6.13. The van der Waals surface area contributed by atoms with Crippen LogP contribution in [0.2, 0.25) is 0 Å². The summed E-state index contributed by atoms with van der Waals surface area (Å²) in [6.07, 6.45) is 7.77. The van der Waals surface area contributed by atoms with Crippen LogP contribution in [0, 0.1) is 18.3 Å². The minimum absolute atomic E-state index is 0.0257. The molecule has 108 valence electrons. The molecule has 1 aromatic carbocycles. The molecule has 1 aromatic rings. The first-order valence-corrected chi connectivity index (χ1v) is 7.33. The molecule has 0 aliphatic carbocycles. The molecule has 0 saturated carbocycles. The van der Waals surface area contributed by atoms with E-state index < -0.39 is 0 Å². The van der Waals surface area contributed by atoms with Gasteiger partial charge in [0.1, 0.15) is 5.75 Å². The highest BCUT2D eigenvalue weighted by atomic mass is 16.5. The fourth-order valence-corrected chi connectivity index (χ4v) is 2.51. The Morgan fingerprint density at radius 1 is 1.30 bits per heavy atom. The summed E-state index contributed by atoms with van der Waals surface area (Å²) < 4.78 is 11.5. The lowest BCUT2D eigenvalue weighted by atomic mass is 9.85. The molecule has 0 spiro atoms. The van der Waals surface area contributed by atoms with E-state index in [9.17, 15) is 0 Å². The number of hydrogen-bond acceptors (Lipinski definition) is 2. The zero-order valence-electron chi connectivity index (χ0n) is 12.7. The predicted molar refractivity (Wildman–Crippen MR) is 82.1 cm³/mol. The zero-order valence-corrected chi connectivity index (χ0v) is 12.7. The first-order valence-electron chi connectivity index (χ1n) is 7.33. The lowest BCUT2D eigenvalue weighted by molar-refractivity contribution is 0.0494. The summed E-state index contributed by atoms with van der Waals surface area (Å²) >= 11 is 0. The van der Waals surface area contributed by atoms with E-state index in [0.29, 0.717) is 5.92 Å². The number of hydrogen-bond donors (Lipinski definition) is 0. The fraction of sp³-hybridized carbons (Fsp3) is 0.556. The van der Waals surface area contributed by atoms with E-state index >= 15 is 0 Å². The van der Waals surface area contributed by atoms with Crippen LogP contribution < -0.4 is 4.74 Å². The molecule has 2 rings (SSSR count). The first-order chi connectivity index (χ1) is 9.52. The summed E-state index contributed by atoms with van der Waals surface area (Å²) in [4.78, 5) is 0. The smallest absolute Gasteiger partial charge is 0.138 e. The van der Waals surface area contributed by atoms with Gasteiger partial charge in [0.2, 0.25) is 0 Å². The van der Waals surface area contributed by atoms with Crippen molar-refractivity contribution in [3.8, 4) is 18.1 Å². The molecule has 0 radical (unpaired) electrons. The lowest BCUT2D eigenvalue weighted by Gasteiger charge is -2.26. The van der Waals surface area contributed by atoms with Crippen molar-refractivity contribution in [2.24, 2.45) is 5.92 Å². The Morgan fingerprint density at radius 3 is 2.60 bits per heavy atom. The summed E-state index contributed by atoms with van der Waals surface area (Å²) in [5, 5.41) is 0. The Labute approximate surface area is 122 Å². The van der Waals surface area contributed by atoms with Crippen LogP contribution in [0.5, 0.6) is 5.75 Å². The molecule has 2 heteroatoms. The van der Waals surface area contributed by atoms with Crippen LogP contribution in [0.1, 0.15) is 44.7 Å². The van der Waals surface area contributed by atoms with Crippen molar-refractivity contribution in [2.45, 2.75) is 39.0 Å². The van der Waals surface area contributed by atoms with Crippen LogP contribution in [0.25, 0.3) is 0 Å². The van der Waals surface area contributed by atoms with Crippen LogP contribution in [0.3, 0.4) is 0 Å². The van der Waals surface area contributed by atoms with Gasteiger partial charge >= 0.3 is 0 Å². The van der Waals surface area contributed by atoms with E-state index in [1.54, 1.807) is 0 Å². The molecular formula is C18H24O2. The summed E-state index contributed by atoms with van der Waals surface area (Å²) in [7, 11) is 0. The van der Waals surface area contributed by atoms with Crippen LogP contribution in [-0.2, 0) is 10.2 Å². The molecule has 2 nitrogen and oxygen atoms in total. The third-order valence-corrected chi connectivity index (χ3v) is 3.78. The van der Waals surface area contributed by atoms with Gasteiger partial charge in [-0.05, 0) is 30.2 Å². The molecule has 0 aromatic heterocycles. The molecule has 0 bridgehead atoms. The Morgan fingerprint density at radius 2 is 2.00 bits per heavy atom. The Kier molecular flexibility index (Phi) is 4.73. The fourth-order valence-electron chi connectivity index (χ4n) is 2.51. The Balaban J connectivity index is 2.18. The highest BCUT2D eigenvalue weighted by Crippen LogP contribution is 2.34. The third-order valence-electron chi connectivity index (χ3n) is 3.78.